The number of aromatic nitrogens is 1. The Bertz CT molecular complexity index is 1650. The third kappa shape index (κ3) is 7.15. The largest absolute Gasteiger partial charge is 0.494 e. The maximum absolute atomic E-state index is 12.8. The summed E-state index contributed by atoms with van der Waals surface area (Å²) in [7, 11) is -14.4. The Labute approximate surface area is 210 Å². The van der Waals surface area contributed by atoms with Crippen molar-refractivity contribution in [2.45, 2.75) is 23.3 Å². The fraction of sp³-hybridized carbons (Fsp3) is 0.294. The molecule has 37 heavy (non-hydrogen) atoms. The van der Waals surface area contributed by atoms with Crippen molar-refractivity contribution in [3.8, 4) is 5.88 Å². The van der Waals surface area contributed by atoms with Crippen LogP contribution in [-0.2, 0) is 41.1 Å². The molecule has 0 aliphatic carbocycles. The Hall–Kier alpha value is -3.27. The van der Waals surface area contributed by atoms with Crippen molar-refractivity contribution in [1.82, 2.24) is 4.57 Å². The van der Waals surface area contributed by atoms with Gasteiger partial charge in [0.1, 0.15) is 16.1 Å². The first-order valence-electron chi connectivity index (χ1n) is 9.74. The molecule has 0 aliphatic rings. The van der Waals surface area contributed by atoms with E-state index in [-0.39, 0.29) is 18.7 Å². The molecule has 0 radical (unpaired) electrons. The highest BCUT2D eigenvalue weighted by Crippen LogP contribution is 2.31. The molecule has 7 N–H and O–H groups in total. The fourth-order valence-electron chi connectivity index (χ4n) is 3.00. The van der Waals surface area contributed by atoms with Gasteiger partial charge in [0.25, 0.3) is 21.6 Å². The molecular formula is C17H21N5O12S3. The number of azo groups is 1. The number of primary amides is 1. The Morgan fingerprint density at radius 2 is 1.73 bits per heavy atom. The summed E-state index contributed by atoms with van der Waals surface area (Å²) in [6, 6.07) is 2.15. The lowest BCUT2D eigenvalue weighted by Gasteiger charge is -2.14. The zero-order valence-electron chi connectivity index (χ0n) is 18.8. The zero-order valence-corrected chi connectivity index (χ0v) is 21.2. The van der Waals surface area contributed by atoms with Crippen LogP contribution in [0.15, 0.2) is 43.0 Å². The summed E-state index contributed by atoms with van der Waals surface area (Å²) in [5.74, 6) is -2.89. The lowest BCUT2D eigenvalue weighted by Crippen LogP contribution is -2.28. The standard InChI is InChI=1S/C17H21N5O12S3/c1-9-13(15(19)23)16(24)22(5-4-18)17(25)14(9)21-20-11-3-2-10(8-12(11)36(28,29)30)35(26,27)7-6-34-37(31,32)33/h2-3,8,24H,4-7,18H2,1H3,(H2,19,23)(H,28,29,30)(H,31,32,33). The minimum absolute atomic E-state index is 0.135. The Morgan fingerprint density at radius 3 is 2.24 bits per heavy atom. The molecular weight excluding hydrogens is 562 g/mol. The number of nitrogens with two attached hydrogens (primary N) is 2. The molecule has 2 rings (SSSR count). The number of hydrogen-bond donors (Lipinski definition) is 5. The molecule has 0 atom stereocenters. The van der Waals surface area contributed by atoms with E-state index in [0.717, 1.165) is 12.1 Å². The van der Waals surface area contributed by atoms with Crippen molar-refractivity contribution < 1.29 is 48.4 Å². The molecule has 1 heterocycles. The summed E-state index contributed by atoms with van der Waals surface area (Å²) < 4.78 is 92.5. The first-order valence-corrected chi connectivity index (χ1v) is 14.2. The monoisotopic (exact) mass is 583 g/mol. The van der Waals surface area contributed by atoms with Crippen LogP contribution in [0.25, 0.3) is 0 Å². The maximum atomic E-state index is 12.8. The molecule has 1 aromatic carbocycles. The van der Waals surface area contributed by atoms with Gasteiger partial charge in [0.05, 0.1) is 17.3 Å². The van der Waals surface area contributed by atoms with Crippen molar-refractivity contribution in [1.29, 1.82) is 0 Å². The second-order valence-electron chi connectivity index (χ2n) is 7.16. The molecule has 1 amide bonds. The van der Waals surface area contributed by atoms with Gasteiger partial charge in [0.15, 0.2) is 15.5 Å². The third-order valence-corrected chi connectivity index (χ3v) is 7.69. The number of pyridine rings is 1. The van der Waals surface area contributed by atoms with E-state index in [9.17, 15) is 44.5 Å². The van der Waals surface area contributed by atoms with Crippen LogP contribution in [-0.4, -0.2) is 68.8 Å². The van der Waals surface area contributed by atoms with Crippen LogP contribution < -0.4 is 17.0 Å². The molecule has 1 aromatic heterocycles. The van der Waals surface area contributed by atoms with E-state index in [2.05, 4.69) is 14.4 Å². The average Bonchev–Trinajstić information content (AvgIpc) is 2.74. The minimum atomic E-state index is -5.13. The van der Waals surface area contributed by atoms with Crippen LogP contribution in [0.2, 0.25) is 0 Å². The van der Waals surface area contributed by atoms with Gasteiger partial charge in [0.2, 0.25) is 5.88 Å². The van der Waals surface area contributed by atoms with E-state index >= 15 is 0 Å². The molecule has 20 heteroatoms. The average molecular weight is 584 g/mol. The van der Waals surface area contributed by atoms with Gasteiger partial charge in [-0.25, -0.2) is 12.6 Å². The van der Waals surface area contributed by atoms with Gasteiger partial charge < -0.3 is 16.6 Å². The van der Waals surface area contributed by atoms with Gasteiger partial charge >= 0.3 is 10.4 Å². The van der Waals surface area contributed by atoms with Crippen LogP contribution in [0.3, 0.4) is 0 Å². The van der Waals surface area contributed by atoms with Gasteiger partial charge in [-0.1, -0.05) is 0 Å². The van der Waals surface area contributed by atoms with E-state index in [0.29, 0.717) is 10.6 Å². The fourth-order valence-corrected chi connectivity index (χ4v) is 5.24. The topological polar surface area (TPSA) is 288 Å². The number of rotatable bonds is 11. The summed E-state index contributed by atoms with van der Waals surface area (Å²) in [6.07, 6.45) is 0. The van der Waals surface area contributed by atoms with Crippen molar-refractivity contribution in [3.05, 3.63) is 39.7 Å². The summed E-state index contributed by atoms with van der Waals surface area (Å²) in [4.78, 5) is 22.8. The number of benzene rings is 1. The summed E-state index contributed by atoms with van der Waals surface area (Å²) in [6.45, 7) is -0.182. The first-order chi connectivity index (χ1) is 16.9. The van der Waals surface area contributed by atoms with Crippen LogP contribution >= 0.6 is 0 Å². The zero-order chi connectivity index (χ0) is 28.3. The van der Waals surface area contributed by atoms with Gasteiger partial charge in [0, 0.05) is 18.7 Å². The van der Waals surface area contributed by atoms with Gasteiger partial charge in [-0.2, -0.15) is 16.8 Å². The van der Waals surface area contributed by atoms with Crippen LogP contribution in [0.5, 0.6) is 5.88 Å². The number of carbonyl (C=O) groups excluding carboxylic acids is 1. The second kappa shape index (κ2) is 11.0. The molecule has 204 valence electrons. The highest BCUT2D eigenvalue weighted by atomic mass is 32.3. The number of nitrogens with zero attached hydrogens (tertiary/aromatic N) is 3. The predicted octanol–water partition coefficient (Wildman–Crippen LogP) is -0.825. The maximum Gasteiger partial charge on any atom is 0.397 e. The van der Waals surface area contributed by atoms with Crippen molar-refractivity contribution in [2.24, 2.45) is 21.7 Å². The molecule has 0 saturated carbocycles. The van der Waals surface area contributed by atoms with E-state index in [1.807, 2.05) is 0 Å². The summed E-state index contributed by atoms with van der Waals surface area (Å²) >= 11 is 0. The number of amides is 1. The molecule has 0 saturated heterocycles. The Morgan fingerprint density at radius 1 is 1.11 bits per heavy atom. The lowest BCUT2D eigenvalue weighted by atomic mass is 10.1. The highest BCUT2D eigenvalue weighted by molar-refractivity contribution is 7.91. The van der Waals surface area contributed by atoms with Crippen molar-refractivity contribution in [3.63, 3.8) is 0 Å². The number of carbonyl (C=O) groups is 1. The minimum Gasteiger partial charge on any atom is -0.494 e. The van der Waals surface area contributed by atoms with E-state index in [1.165, 1.54) is 6.92 Å². The van der Waals surface area contributed by atoms with Crippen LogP contribution in [0.1, 0.15) is 15.9 Å². The predicted molar refractivity (Wildman–Crippen MR) is 125 cm³/mol. The number of sulfone groups is 1. The van der Waals surface area contributed by atoms with E-state index < -0.39 is 86.8 Å². The van der Waals surface area contributed by atoms with Gasteiger partial charge in [-0.3, -0.25) is 23.3 Å². The summed E-state index contributed by atoms with van der Waals surface area (Å²) in [5.41, 5.74) is 7.84. The Kier molecular flexibility index (Phi) is 8.91. The molecule has 0 spiro atoms. The molecule has 0 aliphatic heterocycles. The molecule has 2 aromatic rings. The lowest BCUT2D eigenvalue weighted by molar-refractivity contribution is 0.0995. The number of hydrogen-bond acceptors (Lipinski definition) is 13. The van der Waals surface area contributed by atoms with Gasteiger partial charge in [-0.15, -0.1) is 10.2 Å². The second-order valence-corrected chi connectivity index (χ2v) is 11.7. The van der Waals surface area contributed by atoms with Crippen LogP contribution in [0.4, 0.5) is 11.4 Å². The molecule has 17 nitrogen and oxygen atoms in total. The highest BCUT2D eigenvalue weighted by Gasteiger charge is 2.25. The Balaban J connectivity index is 2.64. The summed E-state index contributed by atoms with van der Waals surface area (Å²) in [5, 5.41) is 17.5. The third-order valence-electron chi connectivity index (χ3n) is 4.67. The quantitative estimate of drug-likeness (QED) is 0.160. The molecule has 0 fully saturated rings. The van der Waals surface area contributed by atoms with E-state index in [4.69, 9.17) is 16.0 Å². The van der Waals surface area contributed by atoms with Crippen LogP contribution in [0, 0.1) is 6.92 Å². The molecule has 0 bridgehead atoms. The van der Waals surface area contributed by atoms with Gasteiger partial charge in [-0.05, 0) is 25.1 Å². The smallest absolute Gasteiger partial charge is 0.397 e. The normalized spacial score (nSPS) is 12.8. The van der Waals surface area contributed by atoms with Crippen molar-refractivity contribution >= 4 is 47.6 Å². The first kappa shape index (κ1) is 30.0. The SMILES string of the molecule is Cc1c(C(N)=O)c(O)n(CCN)c(=O)c1N=Nc1ccc(S(=O)(=O)CCOS(=O)(=O)O)cc1S(=O)(=O)O. The molecule has 0 unspecified atom stereocenters. The number of aromatic hydroxyl groups is 1. The van der Waals surface area contributed by atoms with E-state index in [1.54, 1.807) is 0 Å². The van der Waals surface area contributed by atoms with Crippen molar-refractivity contribution in [2.75, 3.05) is 18.9 Å².